The Bertz CT molecular complexity index is 178. The Kier molecular flexibility index (Phi) is 3.49. The van der Waals surface area contributed by atoms with Gasteiger partial charge in [-0.1, -0.05) is 19.1 Å². The van der Waals surface area contributed by atoms with Gasteiger partial charge in [-0.25, -0.2) is 0 Å². The van der Waals surface area contributed by atoms with Crippen LogP contribution in [0.3, 0.4) is 0 Å². The SMILES string of the molecule is CCC=CCS(=O)(=O)O. The van der Waals surface area contributed by atoms with Crippen LogP contribution in [0.5, 0.6) is 0 Å². The van der Waals surface area contributed by atoms with Gasteiger partial charge in [0.05, 0.1) is 5.75 Å². The van der Waals surface area contributed by atoms with Crippen molar-refractivity contribution >= 4 is 10.1 Å². The van der Waals surface area contributed by atoms with Crippen LogP contribution in [0.4, 0.5) is 0 Å². The van der Waals surface area contributed by atoms with Crippen molar-refractivity contribution in [1.82, 2.24) is 0 Å². The molecule has 0 aromatic rings. The van der Waals surface area contributed by atoms with Crippen molar-refractivity contribution in [3.8, 4) is 0 Å². The summed E-state index contributed by atoms with van der Waals surface area (Å²) >= 11 is 0. The van der Waals surface area contributed by atoms with Crippen molar-refractivity contribution in [1.29, 1.82) is 0 Å². The van der Waals surface area contributed by atoms with Crippen LogP contribution in [0.2, 0.25) is 0 Å². The molecule has 0 amide bonds. The van der Waals surface area contributed by atoms with Gasteiger partial charge in [0.2, 0.25) is 0 Å². The molecule has 0 aliphatic carbocycles. The van der Waals surface area contributed by atoms with Crippen LogP contribution < -0.4 is 0 Å². The fourth-order valence-corrected chi connectivity index (χ4v) is 0.736. The lowest BCUT2D eigenvalue weighted by Crippen LogP contribution is -1.99. The van der Waals surface area contributed by atoms with E-state index in [1.54, 1.807) is 6.08 Å². The van der Waals surface area contributed by atoms with Crippen LogP contribution in [0, 0.1) is 0 Å². The summed E-state index contributed by atoms with van der Waals surface area (Å²) in [7, 11) is -3.78. The molecule has 0 rings (SSSR count). The van der Waals surface area contributed by atoms with Crippen molar-refractivity contribution in [2.45, 2.75) is 13.3 Å². The Morgan fingerprint density at radius 2 is 2.00 bits per heavy atom. The third-order valence-electron chi connectivity index (χ3n) is 0.709. The summed E-state index contributed by atoms with van der Waals surface area (Å²) in [4.78, 5) is 0. The molecule has 0 aliphatic rings. The summed E-state index contributed by atoms with van der Waals surface area (Å²) in [5.74, 6) is -0.277. The first-order chi connectivity index (χ1) is 4.06. The third-order valence-corrected chi connectivity index (χ3v) is 1.32. The highest BCUT2D eigenvalue weighted by atomic mass is 32.2. The summed E-state index contributed by atoms with van der Waals surface area (Å²) in [6.45, 7) is 1.89. The zero-order chi connectivity index (χ0) is 7.33. The van der Waals surface area contributed by atoms with Gasteiger partial charge in [0.1, 0.15) is 0 Å². The first-order valence-electron chi connectivity index (χ1n) is 2.66. The number of allylic oxidation sites excluding steroid dienone is 1. The normalized spacial score (nSPS) is 12.7. The molecular formula is C5H10O3S. The van der Waals surface area contributed by atoms with Crippen LogP contribution in [-0.4, -0.2) is 18.7 Å². The van der Waals surface area contributed by atoms with Crippen LogP contribution >= 0.6 is 0 Å². The molecule has 54 valence electrons. The van der Waals surface area contributed by atoms with E-state index in [0.29, 0.717) is 0 Å². The van der Waals surface area contributed by atoms with E-state index >= 15 is 0 Å². The van der Waals surface area contributed by atoms with Gasteiger partial charge in [-0.2, -0.15) is 8.42 Å². The molecule has 0 saturated heterocycles. The minimum absolute atomic E-state index is 0.277. The first-order valence-corrected chi connectivity index (χ1v) is 4.27. The summed E-state index contributed by atoms with van der Waals surface area (Å²) in [6.07, 6.45) is 3.90. The molecule has 0 heterocycles. The van der Waals surface area contributed by atoms with E-state index < -0.39 is 10.1 Å². The Morgan fingerprint density at radius 1 is 1.44 bits per heavy atom. The maximum Gasteiger partial charge on any atom is 0.268 e. The topological polar surface area (TPSA) is 54.4 Å². The lowest BCUT2D eigenvalue weighted by atomic mass is 10.4. The molecule has 0 fully saturated rings. The van der Waals surface area contributed by atoms with Gasteiger partial charge in [0.15, 0.2) is 0 Å². The van der Waals surface area contributed by atoms with Gasteiger partial charge < -0.3 is 0 Å². The maximum atomic E-state index is 10.0. The molecular weight excluding hydrogens is 140 g/mol. The predicted octanol–water partition coefficient (Wildman–Crippen LogP) is 0.840. The van der Waals surface area contributed by atoms with Gasteiger partial charge in [-0.05, 0) is 6.42 Å². The second-order valence-electron chi connectivity index (χ2n) is 1.63. The fourth-order valence-electron chi connectivity index (χ4n) is 0.356. The number of hydrogen-bond acceptors (Lipinski definition) is 2. The molecule has 0 aliphatic heterocycles. The Balaban J connectivity index is 3.65. The minimum atomic E-state index is -3.78. The molecule has 1 N–H and O–H groups in total. The molecule has 0 radical (unpaired) electrons. The minimum Gasteiger partial charge on any atom is -0.285 e. The van der Waals surface area contributed by atoms with Crippen molar-refractivity contribution in [3.63, 3.8) is 0 Å². The molecule has 0 aromatic carbocycles. The van der Waals surface area contributed by atoms with E-state index in [9.17, 15) is 8.42 Å². The molecule has 3 nitrogen and oxygen atoms in total. The van der Waals surface area contributed by atoms with Crippen molar-refractivity contribution in [2.24, 2.45) is 0 Å². The summed E-state index contributed by atoms with van der Waals surface area (Å²) < 4.78 is 28.2. The number of hydrogen-bond donors (Lipinski definition) is 1. The Morgan fingerprint density at radius 3 is 2.33 bits per heavy atom. The van der Waals surface area contributed by atoms with Crippen molar-refractivity contribution in [3.05, 3.63) is 12.2 Å². The second kappa shape index (κ2) is 3.63. The summed E-state index contributed by atoms with van der Waals surface area (Å²) in [5, 5.41) is 0. The van der Waals surface area contributed by atoms with Crippen LogP contribution in [0.1, 0.15) is 13.3 Å². The Labute approximate surface area is 55.1 Å². The first kappa shape index (κ1) is 8.65. The lowest BCUT2D eigenvalue weighted by Gasteiger charge is -1.85. The molecule has 0 aromatic heterocycles. The van der Waals surface area contributed by atoms with E-state index in [1.807, 2.05) is 6.92 Å². The van der Waals surface area contributed by atoms with E-state index in [0.717, 1.165) is 6.42 Å². The Hall–Kier alpha value is -0.350. The average molecular weight is 150 g/mol. The largest absolute Gasteiger partial charge is 0.285 e. The summed E-state index contributed by atoms with van der Waals surface area (Å²) in [6, 6.07) is 0. The van der Waals surface area contributed by atoms with Crippen molar-refractivity contribution < 1.29 is 13.0 Å². The van der Waals surface area contributed by atoms with Gasteiger partial charge in [0.25, 0.3) is 10.1 Å². The van der Waals surface area contributed by atoms with E-state index in [1.165, 1.54) is 6.08 Å². The molecule has 0 bridgehead atoms. The highest BCUT2D eigenvalue weighted by molar-refractivity contribution is 7.85. The molecule has 0 saturated carbocycles. The molecule has 4 heteroatoms. The molecule has 9 heavy (non-hydrogen) atoms. The third kappa shape index (κ3) is 7.65. The average Bonchev–Trinajstić information content (AvgIpc) is 1.63. The summed E-state index contributed by atoms with van der Waals surface area (Å²) in [5.41, 5.74) is 0. The van der Waals surface area contributed by atoms with Crippen molar-refractivity contribution in [2.75, 3.05) is 5.75 Å². The molecule has 0 spiro atoms. The maximum absolute atomic E-state index is 10.0. The molecule has 0 atom stereocenters. The van der Waals surface area contributed by atoms with Gasteiger partial charge >= 0.3 is 0 Å². The molecule has 0 unspecified atom stereocenters. The van der Waals surface area contributed by atoms with Crippen LogP contribution in [-0.2, 0) is 10.1 Å². The van der Waals surface area contributed by atoms with E-state index in [2.05, 4.69) is 0 Å². The van der Waals surface area contributed by atoms with Gasteiger partial charge in [-0.3, -0.25) is 4.55 Å². The van der Waals surface area contributed by atoms with E-state index in [-0.39, 0.29) is 5.75 Å². The fraction of sp³-hybridized carbons (Fsp3) is 0.600. The van der Waals surface area contributed by atoms with Crippen LogP contribution in [0.25, 0.3) is 0 Å². The highest BCUT2D eigenvalue weighted by Gasteiger charge is 1.97. The zero-order valence-corrected chi connectivity index (χ0v) is 6.06. The zero-order valence-electron chi connectivity index (χ0n) is 5.24. The van der Waals surface area contributed by atoms with Gasteiger partial charge in [0, 0.05) is 0 Å². The van der Waals surface area contributed by atoms with Gasteiger partial charge in [-0.15, -0.1) is 0 Å². The quantitative estimate of drug-likeness (QED) is 0.479. The number of rotatable bonds is 3. The standard InChI is InChI=1S/C5H10O3S/c1-2-3-4-5-9(6,7)8/h3-4H,2,5H2,1H3,(H,6,7,8). The second-order valence-corrected chi connectivity index (χ2v) is 3.13. The van der Waals surface area contributed by atoms with E-state index in [4.69, 9.17) is 4.55 Å². The van der Waals surface area contributed by atoms with Crippen LogP contribution in [0.15, 0.2) is 12.2 Å². The lowest BCUT2D eigenvalue weighted by molar-refractivity contribution is 0.486. The smallest absolute Gasteiger partial charge is 0.268 e. The monoisotopic (exact) mass is 150 g/mol. The predicted molar refractivity (Wildman–Crippen MR) is 35.8 cm³/mol. The highest BCUT2D eigenvalue weighted by Crippen LogP contribution is 1.85.